The van der Waals surface area contributed by atoms with Crippen molar-refractivity contribution in [1.82, 2.24) is 15.0 Å². The summed E-state index contributed by atoms with van der Waals surface area (Å²) in [4.78, 5) is 16.9. The van der Waals surface area contributed by atoms with Gasteiger partial charge in [-0.2, -0.15) is 0 Å². The molecule has 5 rings (SSSR count). The van der Waals surface area contributed by atoms with Crippen LogP contribution in [0.25, 0.3) is 11.1 Å². The van der Waals surface area contributed by atoms with Gasteiger partial charge in [0.25, 0.3) is 6.02 Å². The summed E-state index contributed by atoms with van der Waals surface area (Å²) in [7, 11) is 0. The van der Waals surface area contributed by atoms with Gasteiger partial charge in [0.1, 0.15) is 30.1 Å². The number of benzene rings is 1. The number of pyridine rings is 1. The molecule has 9 heteroatoms. The van der Waals surface area contributed by atoms with Crippen LogP contribution in [-0.2, 0) is 10.3 Å². The SMILES string of the molecule is CC(C)(O)C#Cc1cnc2c(c1)[C@]1(COC(N)=N1)c1cc(-c3cncnc3)c(F)cc1O2. The summed E-state index contributed by atoms with van der Waals surface area (Å²) in [6.45, 7) is 3.26. The maximum atomic E-state index is 15.0. The minimum Gasteiger partial charge on any atom is -0.462 e. The van der Waals surface area contributed by atoms with E-state index < -0.39 is 17.0 Å². The Labute approximate surface area is 183 Å². The second kappa shape index (κ2) is 7.00. The van der Waals surface area contributed by atoms with Gasteiger partial charge in [-0.3, -0.25) is 0 Å². The molecule has 2 aromatic heterocycles. The molecule has 1 spiro atoms. The van der Waals surface area contributed by atoms with E-state index in [1.807, 2.05) is 0 Å². The van der Waals surface area contributed by atoms with Crippen LogP contribution in [0.2, 0.25) is 0 Å². The Kier molecular flexibility index (Phi) is 4.36. The summed E-state index contributed by atoms with van der Waals surface area (Å²) in [5, 5.41) is 9.93. The zero-order valence-electron chi connectivity index (χ0n) is 17.3. The second-order valence-corrected chi connectivity index (χ2v) is 8.04. The Bertz CT molecular complexity index is 1330. The zero-order valence-corrected chi connectivity index (χ0v) is 17.3. The minimum atomic E-state index is -1.17. The smallest absolute Gasteiger partial charge is 0.283 e. The lowest BCUT2D eigenvalue weighted by atomic mass is 9.81. The molecule has 0 radical (unpaired) electrons. The number of amidine groups is 1. The first kappa shape index (κ1) is 19.9. The zero-order chi connectivity index (χ0) is 22.5. The number of halogens is 1. The highest BCUT2D eigenvalue weighted by Crippen LogP contribution is 2.51. The van der Waals surface area contributed by atoms with Crippen molar-refractivity contribution >= 4 is 6.02 Å². The number of ether oxygens (including phenoxy) is 2. The first-order chi connectivity index (χ1) is 15.2. The van der Waals surface area contributed by atoms with Crippen LogP contribution in [0.15, 0.2) is 48.1 Å². The lowest BCUT2D eigenvalue weighted by molar-refractivity contribution is 0.143. The van der Waals surface area contributed by atoms with E-state index in [2.05, 4.69) is 31.8 Å². The van der Waals surface area contributed by atoms with Gasteiger partial charge in [0.05, 0.1) is 5.56 Å². The van der Waals surface area contributed by atoms with Crippen molar-refractivity contribution in [3.05, 3.63) is 65.6 Å². The second-order valence-electron chi connectivity index (χ2n) is 8.04. The highest BCUT2D eigenvalue weighted by Gasteiger charge is 2.48. The number of aliphatic imine (C=N–C) groups is 1. The number of hydrogen-bond acceptors (Lipinski definition) is 8. The molecule has 32 heavy (non-hydrogen) atoms. The van der Waals surface area contributed by atoms with Gasteiger partial charge in [0, 0.05) is 46.9 Å². The van der Waals surface area contributed by atoms with Crippen LogP contribution in [-0.4, -0.2) is 38.3 Å². The van der Waals surface area contributed by atoms with E-state index in [4.69, 9.17) is 15.2 Å². The van der Waals surface area contributed by atoms with E-state index in [0.29, 0.717) is 27.8 Å². The Morgan fingerprint density at radius 3 is 2.62 bits per heavy atom. The van der Waals surface area contributed by atoms with E-state index in [9.17, 15) is 9.50 Å². The molecule has 160 valence electrons. The molecule has 8 nitrogen and oxygen atoms in total. The van der Waals surface area contributed by atoms with Gasteiger partial charge in [0.2, 0.25) is 5.88 Å². The fraction of sp³-hybridized carbons (Fsp3) is 0.217. The number of aliphatic hydroxyl groups is 1. The molecular weight excluding hydrogens is 413 g/mol. The highest BCUT2D eigenvalue weighted by atomic mass is 19.1. The van der Waals surface area contributed by atoms with Crippen LogP contribution >= 0.6 is 0 Å². The molecule has 0 fully saturated rings. The van der Waals surface area contributed by atoms with Gasteiger partial charge in [0.15, 0.2) is 5.54 Å². The van der Waals surface area contributed by atoms with Gasteiger partial charge < -0.3 is 20.3 Å². The Morgan fingerprint density at radius 2 is 1.94 bits per heavy atom. The van der Waals surface area contributed by atoms with E-state index >= 15 is 0 Å². The molecule has 0 saturated carbocycles. The molecule has 0 unspecified atom stereocenters. The highest BCUT2D eigenvalue weighted by molar-refractivity contribution is 5.77. The molecular formula is C23H18FN5O3. The lowest BCUT2D eigenvalue weighted by Gasteiger charge is -2.33. The van der Waals surface area contributed by atoms with E-state index in [1.165, 1.54) is 31.0 Å². The van der Waals surface area contributed by atoms with Crippen molar-refractivity contribution in [2.75, 3.05) is 6.61 Å². The molecule has 0 bridgehead atoms. The predicted molar refractivity (Wildman–Crippen MR) is 113 cm³/mol. The average molecular weight is 431 g/mol. The summed E-state index contributed by atoms with van der Waals surface area (Å²) < 4.78 is 26.4. The quantitative estimate of drug-likeness (QED) is 0.569. The fourth-order valence-corrected chi connectivity index (χ4v) is 3.70. The van der Waals surface area contributed by atoms with Crippen LogP contribution in [0.5, 0.6) is 11.6 Å². The van der Waals surface area contributed by atoms with E-state index in [1.54, 1.807) is 26.0 Å². The van der Waals surface area contributed by atoms with Crippen molar-refractivity contribution in [2.24, 2.45) is 10.7 Å². The summed E-state index contributed by atoms with van der Waals surface area (Å²) in [6.07, 6.45) is 5.94. The summed E-state index contributed by atoms with van der Waals surface area (Å²) in [6, 6.07) is 4.71. The number of nitrogens with zero attached hydrogens (tertiary/aromatic N) is 4. The normalized spacial score (nSPS) is 18.6. The molecule has 3 aromatic rings. The molecule has 4 heterocycles. The topological polar surface area (TPSA) is 116 Å². The monoisotopic (exact) mass is 431 g/mol. The maximum Gasteiger partial charge on any atom is 0.283 e. The van der Waals surface area contributed by atoms with Crippen LogP contribution < -0.4 is 10.5 Å². The third kappa shape index (κ3) is 3.31. The fourth-order valence-electron chi connectivity index (χ4n) is 3.70. The van der Waals surface area contributed by atoms with Crippen molar-refractivity contribution in [1.29, 1.82) is 0 Å². The Balaban J connectivity index is 1.72. The summed E-state index contributed by atoms with van der Waals surface area (Å²) >= 11 is 0. The van der Waals surface area contributed by atoms with Gasteiger partial charge in [-0.05, 0) is 26.0 Å². The Hall–Kier alpha value is -4.03. The summed E-state index contributed by atoms with van der Waals surface area (Å²) in [5.74, 6) is 5.69. The number of fused-ring (bicyclic) bond motifs is 4. The lowest BCUT2D eigenvalue weighted by Crippen LogP contribution is -2.31. The van der Waals surface area contributed by atoms with Crippen LogP contribution in [0.4, 0.5) is 4.39 Å². The molecule has 0 amide bonds. The molecule has 3 N–H and O–H groups in total. The predicted octanol–water partition coefficient (Wildman–Crippen LogP) is 2.49. The number of nitrogens with two attached hydrogens (primary N) is 1. The van der Waals surface area contributed by atoms with Crippen LogP contribution in [0.1, 0.15) is 30.5 Å². The van der Waals surface area contributed by atoms with E-state index in [-0.39, 0.29) is 24.3 Å². The minimum absolute atomic E-state index is 0.00528. The van der Waals surface area contributed by atoms with Crippen molar-refractivity contribution in [3.63, 3.8) is 0 Å². The average Bonchev–Trinajstić information content (AvgIpc) is 3.14. The third-order valence-corrected chi connectivity index (χ3v) is 5.13. The van der Waals surface area contributed by atoms with Crippen LogP contribution in [0, 0.1) is 17.7 Å². The first-order valence-corrected chi connectivity index (χ1v) is 9.77. The van der Waals surface area contributed by atoms with Gasteiger partial charge >= 0.3 is 0 Å². The molecule has 1 atom stereocenters. The van der Waals surface area contributed by atoms with Crippen molar-refractivity contribution in [2.45, 2.75) is 25.0 Å². The molecule has 0 saturated heterocycles. The van der Waals surface area contributed by atoms with Crippen molar-refractivity contribution < 1.29 is 19.0 Å². The van der Waals surface area contributed by atoms with Crippen LogP contribution in [0.3, 0.4) is 0 Å². The van der Waals surface area contributed by atoms with E-state index in [0.717, 1.165) is 0 Å². The largest absolute Gasteiger partial charge is 0.462 e. The van der Waals surface area contributed by atoms with Gasteiger partial charge in [-0.25, -0.2) is 24.3 Å². The summed E-state index contributed by atoms with van der Waals surface area (Å²) in [5.41, 5.74) is 6.14. The third-order valence-electron chi connectivity index (χ3n) is 5.13. The number of rotatable bonds is 1. The molecule has 2 aliphatic heterocycles. The molecule has 1 aromatic carbocycles. The van der Waals surface area contributed by atoms with Gasteiger partial charge in [-0.15, -0.1) is 0 Å². The maximum absolute atomic E-state index is 15.0. The number of aromatic nitrogens is 3. The first-order valence-electron chi connectivity index (χ1n) is 9.77. The number of hydrogen-bond donors (Lipinski definition) is 2. The Morgan fingerprint density at radius 1 is 1.16 bits per heavy atom. The molecule has 0 aliphatic carbocycles. The standard InChI is InChI=1S/C23H18FN5O3/c1-22(2,30)4-3-13-5-17-20(28-8-13)32-19-7-18(24)15(14-9-26-12-27-10-14)6-16(19)23(17)11-31-21(25)29-23/h5-10,12,30H,11H2,1-2H3,(H2,25,29)/t23-/m0/s1. The molecule has 2 aliphatic rings. The van der Waals surface area contributed by atoms with Crippen molar-refractivity contribution in [3.8, 4) is 34.6 Å². The van der Waals surface area contributed by atoms with Gasteiger partial charge in [-0.1, -0.05) is 11.8 Å².